The van der Waals surface area contributed by atoms with Gasteiger partial charge < -0.3 is 0 Å². The molecule has 1 nitrogen and oxygen atoms in total. The Morgan fingerprint density at radius 3 is 2.26 bits per heavy atom. The molecule has 140 valence electrons. The number of fused-ring (bicyclic) bond motifs is 3. The number of hydrogen-bond acceptors (Lipinski definition) is 1. The number of rotatable bonds is 3. The van der Waals surface area contributed by atoms with Gasteiger partial charge >= 0.3 is 0 Å². The van der Waals surface area contributed by atoms with Gasteiger partial charge in [-0.3, -0.25) is 4.79 Å². The molecule has 0 bridgehead atoms. The van der Waals surface area contributed by atoms with Crippen molar-refractivity contribution in [3.63, 3.8) is 0 Å². The standard InChI is InChI=1S/C26H30O/c1-16(2)26-21-10-8-7-9-20(21)24(19-13-11-17(3)12-14-19)23(26)15-22(18(4)27)25(26,5)6/h7-14,16,22H,15H2,1-6H3/t22-,26-/m1/s1. The fourth-order valence-corrected chi connectivity index (χ4v) is 6.41. The largest absolute Gasteiger partial charge is 0.300 e. The number of ketones is 1. The van der Waals surface area contributed by atoms with Crippen LogP contribution in [0.2, 0.25) is 0 Å². The molecule has 2 aromatic carbocycles. The molecule has 4 rings (SSSR count). The summed E-state index contributed by atoms with van der Waals surface area (Å²) in [6, 6.07) is 17.8. The number of carbonyl (C=O) groups excluding carboxylic acids is 1. The van der Waals surface area contributed by atoms with E-state index in [2.05, 4.69) is 83.1 Å². The first-order valence-corrected chi connectivity index (χ1v) is 10.1. The average Bonchev–Trinajstić information content (AvgIpc) is 3.04. The fraction of sp³-hybridized carbons (Fsp3) is 0.423. The van der Waals surface area contributed by atoms with E-state index in [0.29, 0.717) is 11.7 Å². The van der Waals surface area contributed by atoms with Crippen LogP contribution in [-0.2, 0) is 10.2 Å². The van der Waals surface area contributed by atoms with Crippen LogP contribution < -0.4 is 0 Å². The highest BCUT2D eigenvalue weighted by atomic mass is 16.1. The quantitative estimate of drug-likeness (QED) is 0.626. The summed E-state index contributed by atoms with van der Waals surface area (Å²) < 4.78 is 0. The summed E-state index contributed by atoms with van der Waals surface area (Å²) in [4.78, 5) is 12.6. The lowest BCUT2D eigenvalue weighted by atomic mass is 9.56. The van der Waals surface area contributed by atoms with Crippen LogP contribution in [0.25, 0.3) is 5.57 Å². The van der Waals surface area contributed by atoms with Crippen molar-refractivity contribution in [3.8, 4) is 0 Å². The number of benzene rings is 2. The van der Waals surface area contributed by atoms with Crippen molar-refractivity contribution in [2.75, 3.05) is 0 Å². The minimum Gasteiger partial charge on any atom is -0.300 e. The Hall–Kier alpha value is -2.15. The normalized spacial score (nSPS) is 25.7. The second kappa shape index (κ2) is 5.92. The van der Waals surface area contributed by atoms with Crippen LogP contribution in [0, 0.1) is 24.2 Å². The molecule has 2 atom stereocenters. The van der Waals surface area contributed by atoms with Crippen LogP contribution in [0.4, 0.5) is 0 Å². The SMILES string of the molecule is CC(=O)[C@H]1CC2=C(c3ccc(C)cc3)c3ccccc3[C@@]2(C(C)C)C1(C)C. The third-order valence-corrected chi connectivity index (χ3v) is 7.39. The maximum absolute atomic E-state index is 12.6. The Morgan fingerprint density at radius 2 is 1.67 bits per heavy atom. The Morgan fingerprint density at radius 1 is 1.04 bits per heavy atom. The van der Waals surface area contributed by atoms with Crippen molar-refractivity contribution in [1.29, 1.82) is 0 Å². The van der Waals surface area contributed by atoms with Crippen molar-refractivity contribution < 1.29 is 4.79 Å². The molecule has 0 saturated heterocycles. The number of Topliss-reactive ketones (excluding diaryl/α,β-unsaturated/α-hetero) is 1. The topological polar surface area (TPSA) is 17.1 Å². The molecule has 0 unspecified atom stereocenters. The molecule has 1 heteroatoms. The average molecular weight is 359 g/mol. The number of carbonyl (C=O) groups is 1. The summed E-state index contributed by atoms with van der Waals surface area (Å²) in [5.74, 6) is 0.822. The van der Waals surface area contributed by atoms with Gasteiger partial charge in [-0.25, -0.2) is 0 Å². The van der Waals surface area contributed by atoms with Crippen LogP contribution in [0.5, 0.6) is 0 Å². The van der Waals surface area contributed by atoms with Gasteiger partial charge in [0.15, 0.2) is 0 Å². The summed E-state index contributed by atoms with van der Waals surface area (Å²) in [5, 5.41) is 0. The molecular formula is C26H30O. The highest BCUT2D eigenvalue weighted by molar-refractivity contribution is 5.93. The Bertz CT molecular complexity index is 942. The first-order valence-electron chi connectivity index (χ1n) is 10.1. The van der Waals surface area contributed by atoms with E-state index in [-0.39, 0.29) is 16.7 Å². The van der Waals surface area contributed by atoms with E-state index in [0.717, 1.165) is 6.42 Å². The number of hydrogen-bond donors (Lipinski definition) is 0. The van der Waals surface area contributed by atoms with Crippen molar-refractivity contribution in [2.45, 2.75) is 53.4 Å². The van der Waals surface area contributed by atoms with Gasteiger partial charge in [0.1, 0.15) is 5.78 Å². The minimum atomic E-state index is -0.106. The van der Waals surface area contributed by atoms with Gasteiger partial charge in [-0.05, 0) is 59.4 Å². The van der Waals surface area contributed by atoms with Crippen LogP contribution in [0.1, 0.15) is 63.3 Å². The van der Waals surface area contributed by atoms with E-state index in [9.17, 15) is 4.79 Å². The highest BCUT2D eigenvalue weighted by Gasteiger charge is 2.64. The second-order valence-electron chi connectivity index (χ2n) is 9.32. The molecule has 1 fully saturated rings. The molecular weight excluding hydrogens is 328 g/mol. The molecule has 0 heterocycles. The van der Waals surface area contributed by atoms with Gasteiger partial charge in [0.25, 0.3) is 0 Å². The van der Waals surface area contributed by atoms with E-state index in [1.54, 1.807) is 6.92 Å². The molecule has 2 aliphatic rings. The molecule has 2 aliphatic carbocycles. The zero-order valence-corrected chi connectivity index (χ0v) is 17.4. The third-order valence-electron chi connectivity index (χ3n) is 7.39. The molecule has 0 amide bonds. The fourth-order valence-electron chi connectivity index (χ4n) is 6.41. The lowest BCUT2D eigenvalue weighted by Crippen LogP contribution is -2.46. The molecule has 1 saturated carbocycles. The minimum absolute atomic E-state index is 0.0729. The Balaban J connectivity index is 2.10. The molecule has 2 aromatic rings. The number of aryl methyl sites for hydroxylation is 1. The van der Waals surface area contributed by atoms with Gasteiger partial charge in [-0.2, -0.15) is 0 Å². The summed E-state index contributed by atoms with van der Waals surface area (Å²) in [5.41, 5.74) is 8.00. The van der Waals surface area contributed by atoms with Crippen molar-refractivity contribution in [2.24, 2.45) is 17.3 Å². The van der Waals surface area contributed by atoms with Gasteiger partial charge in [0.05, 0.1) is 0 Å². The van der Waals surface area contributed by atoms with E-state index in [1.807, 2.05) is 0 Å². The van der Waals surface area contributed by atoms with Crippen molar-refractivity contribution in [1.82, 2.24) is 0 Å². The first-order chi connectivity index (χ1) is 12.7. The second-order valence-corrected chi connectivity index (χ2v) is 9.32. The summed E-state index contributed by atoms with van der Waals surface area (Å²) in [7, 11) is 0. The van der Waals surface area contributed by atoms with E-state index >= 15 is 0 Å². The smallest absolute Gasteiger partial charge is 0.133 e. The summed E-state index contributed by atoms with van der Waals surface area (Å²) in [6.45, 7) is 13.2. The van der Waals surface area contributed by atoms with E-state index < -0.39 is 0 Å². The predicted molar refractivity (Wildman–Crippen MR) is 113 cm³/mol. The van der Waals surface area contributed by atoms with Crippen LogP contribution in [0.3, 0.4) is 0 Å². The number of allylic oxidation sites excluding steroid dienone is 1. The zero-order chi connectivity index (χ0) is 19.6. The van der Waals surface area contributed by atoms with Gasteiger partial charge in [0, 0.05) is 11.3 Å². The molecule has 0 radical (unpaired) electrons. The maximum atomic E-state index is 12.6. The Kier molecular flexibility index (Phi) is 4.00. The van der Waals surface area contributed by atoms with E-state index in [1.165, 1.54) is 33.4 Å². The zero-order valence-electron chi connectivity index (χ0n) is 17.4. The van der Waals surface area contributed by atoms with Gasteiger partial charge in [-0.1, -0.05) is 81.8 Å². The van der Waals surface area contributed by atoms with Crippen LogP contribution >= 0.6 is 0 Å². The lowest BCUT2D eigenvalue weighted by molar-refractivity contribution is -0.124. The van der Waals surface area contributed by atoms with Crippen LogP contribution in [0.15, 0.2) is 54.1 Å². The van der Waals surface area contributed by atoms with Crippen molar-refractivity contribution in [3.05, 3.63) is 76.4 Å². The lowest BCUT2D eigenvalue weighted by Gasteiger charge is -2.47. The first kappa shape index (κ1) is 18.2. The molecule has 0 aliphatic heterocycles. The summed E-state index contributed by atoms with van der Waals surface area (Å²) in [6.07, 6.45) is 0.873. The van der Waals surface area contributed by atoms with Crippen LogP contribution in [-0.4, -0.2) is 5.78 Å². The highest BCUT2D eigenvalue weighted by Crippen LogP contribution is 2.69. The monoisotopic (exact) mass is 358 g/mol. The molecule has 0 spiro atoms. The predicted octanol–water partition coefficient (Wildman–Crippen LogP) is 6.34. The molecule has 27 heavy (non-hydrogen) atoms. The van der Waals surface area contributed by atoms with Crippen molar-refractivity contribution >= 4 is 11.4 Å². The van der Waals surface area contributed by atoms with E-state index in [4.69, 9.17) is 0 Å². The third kappa shape index (κ3) is 2.21. The van der Waals surface area contributed by atoms with Gasteiger partial charge in [0.2, 0.25) is 0 Å². The van der Waals surface area contributed by atoms with Gasteiger partial charge in [-0.15, -0.1) is 0 Å². The summed E-state index contributed by atoms with van der Waals surface area (Å²) >= 11 is 0. The Labute approximate surface area is 163 Å². The molecule has 0 aromatic heterocycles. The maximum Gasteiger partial charge on any atom is 0.133 e. The molecule has 0 N–H and O–H groups in total.